The molecule has 0 aromatic carbocycles. The van der Waals surface area contributed by atoms with Crippen molar-refractivity contribution in [2.24, 2.45) is 0 Å². The Labute approximate surface area is 97.1 Å². The molecule has 4 nitrogen and oxygen atoms in total. The molecule has 0 aliphatic carbocycles. The summed E-state index contributed by atoms with van der Waals surface area (Å²) in [6.45, 7) is 0. The van der Waals surface area contributed by atoms with Crippen LogP contribution in [0.25, 0.3) is 11.1 Å². The van der Waals surface area contributed by atoms with Gasteiger partial charge >= 0.3 is 5.97 Å². The number of ether oxygens (including phenoxy) is 1. The van der Waals surface area contributed by atoms with Crippen LogP contribution in [0.1, 0.15) is 10.5 Å². The van der Waals surface area contributed by atoms with E-state index in [4.69, 9.17) is 0 Å². The lowest BCUT2D eigenvalue weighted by atomic mass is 10.1. The standard InChI is InChI=1S/C12H9FN2O2/c1-17-12(16)11-10(13)5-9(7-15-11)8-3-2-4-14-6-8/h2-7H,1H3. The number of nitrogens with zero attached hydrogens (tertiary/aromatic N) is 2. The summed E-state index contributed by atoms with van der Waals surface area (Å²) in [6, 6.07) is 4.75. The summed E-state index contributed by atoms with van der Waals surface area (Å²) in [6.07, 6.45) is 4.62. The van der Waals surface area contributed by atoms with Gasteiger partial charge in [0.05, 0.1) is 7.11 Å². The van der Waals surface area contributed by atoms with Crippen molar-refractivity contribution in [3.63, 3.8) is 0 Å². The topological polar surface area (TPSA) is 52.1 Å². The first-order valence-corrected chi connectivity index (χ1v) is 4.86. The summed E-state index contributed by atoms with van der Waals surface area (Å²) in [4.78, 5) is 18.8. The van der Waals surface area contributed by atoms with Gasteiger partial charge in [-0.2, -0.15) is 0 Å². The van der Waals surface area contributed by atoms with E-state index in [9.17, 15) is 9.18 Å². The molecule has 2 heterocycles. The zero-order valence-corrected chi connectivity index (χ0v) is 9.05. The summed E-state index contributed by atoms with van der Waals surface area (Å²) in [7, 11) is 1.18. The van der Waals surface area contributed by atoms with Crippen LogP contribution >= 0.6 is 0 Å². The Kier molecular flexibility index (Phi) is 3.09. The molecule has 2 aromatic heterocycles. The normalized spacial score (nSPS) is 10.0. The number of aromatic nitrogens is 2. The van der Waals surface area contributed by atoms with E-state index in [1.807, 2.05) is 0 Å². The second kappa shape index (κ2) is 4.69. The average molecular weight is 232 g/mol. The van der Waals surface area contributed by atoms with Crippen LogP contribution in [-0.2, 0) is 4.74 Å². The van der Waals surface area contributed by atoms with Crippen molar-refractivity contribution in [2.75, 3.05) is 7.11 Å². The molecule has 17 heavy (non-hydrogen) atoms. The predicted molar refractivity (Wildman–Crippen MR) is 58.8 cm³/mol. The number of methoxy groups -OCH3 is 1. The molecule has 0 spiro atoms. The summed E-state index contributed by atoms with van der Waals surface area (Å²) in [5, 5.41) is 0. The zero-order valence-electron chi connectivity index (χ0n) is 9.05. The van der Waals surface area contributed by atoms with Crippen LogP contribution in [0.2, 0.25) is 0 Å². The number of esters is 1. The lowest BCUT2D eigenvalue weighted by molar-refractivity contribution is 0.0588. The molecule has 0 aliphatic rings. The van der Waals surface area contributed by atoms with Gasteiger partial charge < -0.3 is 4.74 Å². The third-order valence-electron chi connectivity index (χ3n) is 2.21. The summed E-state index contributed by atoms with van der Waals surface area (Å²) >= 11 is 0. The molecular formula is C12H9FN2O2. The molecule has 0 atom stereocenters. The molecule has 0 fully saturated rings. The predicted octanol–water partition coefficient (Wildman–Crippen LogP) is 2.07. The number of halogens is 1. The lowest BCUT2D eigenvalue weighted by Gasteiger charge is -2.03. The van der Waals surface area contributed by atoms with Crippen molar-refractivity contribution >= 4 is 5.97 Å². The van der Waals surface area contributed by atoms with Gasteiger partial charge in [0.2, 0.25) is 0 Å². The molecule has 0 amide bonds. The van der Waals surface area contributed by atoms with Gasteiger partial charge in [-0.3, -0.25) is 4.98 Å². The second-order valence-corrected chi connectivity index (χ2v) is 3.29. The van der Waals surface area contributed by atoms with E-state index in [1.165, 1.54) is 19.4 Å². The van der Waals surface area contributed by atoms with Gasteiger partial charge in [0.25, 0.3) is 0 Å². The Hall–Kier alpha value is -2.30. The van der Waals surface area contributed by atoms with Crippen LogP contribution in [0.4, 0.5) is 4.39 Å². The van der Waals surface area contributed by atoms with E-state index in [2.05, 4.69) is 14.7 Å². The summed E-state index contributed by atoms with van der Waals surface area (Å²) < 4.78 is 18.0. The van der Waals surface area contributed by atoms with Gasteiger partial charge in [0.1, 0.15) is 0 Å². The number of carbonyl (C=O) groups is 1. The van der Waals surface area contributed by atoms with Crippen molar-refractivity contribution in [1.29, 1.82) is 0 Å². The highest BCUT2D eigenvalue weighted by atomic mass is 19.1. The molecule has 0 saturated carbocycles. The first-order chi connectivity index (χ1) is 8.22. The third-order valence-corrected chi connectivity index (χ3v) is 2.21. The maximum absolute atomic E-state index is 13.6. The minimum Gasteiger partial charge on any atom is -0.464 e. The Morgan fingerprint density at radius 3 is 2.76 bits per heavy atom. The van der Waals surface area contributed by atoms with E-state index in [0.29, 0.717) is 5.56 Å². The summed E-state index contributed by atoms with van der Waals surface area (Å²) in [5.74, 6) is -1.50. The fourth-order valence-corrected chi connectivity index (χ4v) is 1.38. The molecule has 5 heteroatoms. The smallest absolute Gasteiger partial charge is 0.359 e. The van der Waals surface area contributed by atoms with Crippen LogP contribution < -0.4 is 0 Å². The first kappa shape index (κ1) is 11.2. The zero-order chi connectivity index (χ0) is 12.3. The molecule has 0 saturated heterocycles. The van der Waals surface area contributed by atoms with Gasteiger partial charge in [0, 0.05) is 29.7 Å². The fourth-order valence-electron chi connectivity index (χ4n) is 1.38. The van der Waals surface area contributed by atoms with Crippen molar-refractivity contribution in [3.05, 3.63) is 48.3 Å². The average Bonchev–Trinajstić information content (AvgIpc) is 2.39. The number of hydrogen-bond acceptors (Lipinski definition) is 4. The Bertz CT molecular complexity index is 543. The van der Waals surface area contributed by atoms with Crippen LogP contribution in [0, 0.1) is 5.82 Å². The van der Waals surface area contributed by atoms with Crippen molar-refractivity contribution < 1.29 is 13.9 Å². The Morgan fingerprint density at radius 1 is 1.35 bits per heavy atom. The molecule has 2 aromatic rings. The number of rotatable bonds is 2. The van der Waals surface area contributed by atoms with Crippen LogP contribution in [0.3, 0.4) is 0 Å². The van der Waals surface area contributed by atoms with Crippen LogP contribution in [-0.4, -0.2) is 23.0 Å². The van der Waals surface area contributed by atoms with E-state index < -0.39 is 11.8 Å². The largest absolute Gasteiger partial charge is 0.464 e. The van der Waals surface area contributed by atoms with Crippen molar-refractivity contribution in [2.45, 2.75) is 0 Å². The third kappa shape index (κ3) is 2.28. The molecule has 2 rings (SSSR count). The lowest BCUT2D eigenvalue weighted by Crippen LogP contribution is -2.07. The molecule has 0 unspecified atom stereocenters. The second-order valence-electron chi connectivity index (χ2n) is 3.29. The quantitative estimate of drug-likeness (QED) is 0.744. The maximum Gasteiger partial charge on any atom is 0.359 e. The van der Waals surface area contributed by atoms with Crippen molar-refractivity contribution in [3.8, 4) is 11.1 Å². The number of hydrogen-bond donors (Lipinski definition) is 0. The molecule has 0 bridgehead atoms. The molecule has 86 valence electrons. The number of carbonyl (C=O) groups excluding carboxylic acids is 1. The highest BCUT2D eigenvalue weighted by molar-refractivity contribution is 5.87. The molecular weight excluding hydrogens is 223 g/mol. The molecule has 0 radical (unpaired) electrons. The maximum atomic E-state index is 13.6. The van der Waals surface area contributed by atoms with E-state index >= 15 is 0 Å². The van der Waals surface area contributed by atoms with Gasteiger partial charge in [-0.15, -0.1) is 0 Å². The number of pyridine rings is 2. The fraction of sp³-hybridized carbons (Fsp3) is 0.0833. The van der Waals surface area contributed by atoms with Crippen LogP contribution in [0.15, 0.2) is 36.8 Å². The molecule has 0 N–H and O–H groups in total. The Balaban J connectivity index is 2.41. The van der Waals surface area contributed by atoms with Gasteiger partial charge in [-0.25, -0.2) is 14.2 Å². The van der Waals surface area contributed by atoms with E-state index in [0.717, 1.165) is 5.56 Å². The molecule has 0 aliphatic heterocycles. The minimum absolute atomic E-state index is 0.319. The van der Waals surface area contributed by atoms with Gasteiger partial charge in [0.15, 0.2) is 11.5 Å². The SMILES string of the molecule is COC(=O)c1ncc(-c2cccnc2)cc1F. The summed E-state index contributed by atoms with van der Waals surface area (Å²) in [5.41, 5.74) is 0.971. The first-order valence-electron chi connectivity index (χ1n) is 4.86. The van der Waals surface area contributed by atoms with Crippen LogP contribution in [0.5, 0.6) is 0 Å². The van der Waals surface area contributed by atoms with Gasteiger partial charge in [-0.1, -0.05) is 6.07 Å². The minimum atomic E-state index is -0.791. The van der Waals surface area contributed by atoms with Crippen molar-refractivity contribution in [1.82, 2.24) is 9.97 Å². The highest BCUT2D eigenvalue weighted by Crippen LogP contribution is 2.19. The van der Waals surface area contributed by atoms with E-state index in [-0.39, 0.29) is 5.69 Å². The van der Waals surface area contributed by atoms with E-state index in [1.54, 1.807) is 24.5 Å². The van der Waals surface area contributed by atoms with Gasteiger partial charge in [-0.05, 0) is 12.1 Å². The Morgan fingerprint density at radius 2 is 2.18 bits per heavy atom. The monoisotopic (exact) mass is 232 g/mol. The highest BCUT2D eigenvalue weighted by Gasteiger charge is 2.14.